The molecule has 5 aliphatic carbocycles. The van der Waals surface area contributed by atoms with Gasteiger partial charge in [-0.15, -0.1) is 0 Å². The normalized spacial score (nSPS) is 35.1. The van der Waals surface area contributed by atoms with E-state index in [0.717, 1.165) is 44.9 Å². The van der Waals surface area contributed by atoms with Crippen molar-refractivity contribution in [3.8, 4) is 0 Å². The van der Waals surface area contributed by atoms with Gasteiger partial charge in [0.05, 0.1) is 17.5 Å². The van der Waals surface area contributed by atoms with Crippen LogP contribution in [0.1, 0.15) is 96.0 Å². The number of carbonyl (C=O) groups is 3. The molecule has 1 heterocycles. The van der Waals surface area contributed by atoms with Crippen molar-refractivity contribution in [2.75, 3.05) is 4.90 Å². The van der Waals surface area contributed by atoms with Crippen LogP contribution in [-0.4, -0.2) is 34.7 Å². The molecule has 1 aliphatic heterocycles. The lowest BCUT2D eigenvalue weighted by molar-refractivity contribution is -0.164. The van der Waals surface area contributed by atoms with E-state index in [1.54, 1.807) is 0 Å². The van der Waals surface area contributed by atoms with Crippen molar-refractivity contribution < 1.29 is 14.4 Å². The van der Waals surface area contributed by atoms with Gasteiger partial charge in [0.2, 0.25) is 11.8 Å². The smallest absolute Gasteiger partial charge is 0.257 e. The molecular weight excluding hydrogens is 424 g/mol. The molecular formula is C29H38N2O3. The fourth-order valence-corrected chi connectivity index (χ4v) is 8.50. The Labute approximate surface area is 203 Å². The molecule has 0 N–H and O–H groups in total. The van der Waals surface area contributed by atoms with Gasteiger partial charge in [-0.3, -0.25) is 14.4 Å². The van der Waals surface area contributed by atoms with E-state index in [1.807, 2.05) is 29.2 Å². The van der Waals surface area contributed by atoms with Gasteiger partial charge in [-0.25, -0.2) is 4.90 Å². The largest absolute Gasteiger partial charge is 0.327 e. The second-order valence-electron chi connectivity index (χ2n) is 12.4. The summed E-state index contributed by atoms with van der Waals surface area (Å²) in [5.74, 6) is 2.26. The lowest BCUT2D eigenvalue weighted by atomic mass is 9.49. The Morgan fingerprint density at radius 2 is 1.50 bits per heavy atom. The summed E-state index contributed by atoms with van der Waals surface area (Å²) in [6.07, 6.45) is 11.1. The average Bonchev–Trinajstić information content (AvgIpc) is 3.42. The minimum absolute atomic E-state index is 0.102. The fourth-order valence-electron chi connectivity index (χ4n) is 8.50. The molecule has 34 heavy (non-hydrogen) atoms. The number of hydrogen-bond donors (Lipinski definition) is 0. The SMILES string of the molecule is CC(C)c1ccc(N2C(=O)CC(N(C(=O)C34CC5CC(CC(C5)C3)C4)C3CCCC3)C2=O)cc1. The molecule has 1 saturated heterocycles. The number of rotatable bonds is 5. The molecule has 0 spiro atoms. The summed E-state index contributed by atoms with van der Waals surface area (Å²) in [5.41, 5.74) is 1.53. The van der Waals surface area contributed by atoms with Crippen molar-refractivity contribution in [2.45, 2.75) is 102 Å². The number of amides is 3. The maximum atomic E-state index is 14.4. The van der Waals surface area contributed by atoms with Gasteiger partial charge in [0.1, 0.15) is 6.04 Å². The number of carbonyl (C=O) groups excluding carboxylic acids is 3. The Morgan fingerprint density at radius 3 is 2.03 bits per heavy atom. The van der Waals surface area contributed by atoms with E-state index in [-0.39, 0.29) is 35.6 Å². The van der Waals surface area contributed by atoms with Crippen LogP contribution in [0.4, 0.5) is 5.69 Å². The Kier molecular flexibility index (Phi) is 5.38. The van der Waals surface area contributed by atoms with E-state index < -0.39 is 6.04 Å². The second kappa shape index (κ2) is 8.20. The first-order chi connectivity index (χ1) is 16.3. The molecule has 7 rings (SSSR count). The average molecular weight is 463 g/mol. The molecule has 1 aromatic rings. The Balaban J connectivity index is 1.30. The summed E-state index contributed by atoms with van der Waals surface area (Å²) in [6, 6.07) is 7.24. The van der Waals surface area contributed by atoms with Crippen LogP contribution in [0.15, 0.2) is 24.3 Å². The number of benzene rings is 1. The van der Waals surface area contributed by atoms with Crippen LogP contribution >= 0.6 is 0 Å². The van der Waals surface area contributed by atoms with Gasteiger partial charge in [0.15, 0.2) is 0 Å². The van der Waals surface area contributed by atoms with Gasteiger partial charge in [0.25, 0.3) is 5.91 Å². The summed E-state index contributed by atoms with van der Waals surface area (Å²) in [7, 11) is 0. The van der Waals surface area contributed by atoms with E-state index in [4.69, 9.17) is 0 Å². The van der Waals surface area contributed by atoms with Crippen LogP contribution in [-0.2, 0) is 14.4 Å². The van der Waals surface area contributed by atoms with Crippen molar-refractivity contribution in [3.63, 3.8) is 0 Å². The van der Waals surface area contributed by atoms with Crippen molar-refractivity contribution >= 4 is 23.4 Å². The van der Waals surface area contributed by atoms with Gasteiger partial charge in [-0.05, 0) is 92.7 Å². The highest BCUT2D eigenvalue weighted by Crippen LogP contribution is 2.61. The number of hydrogen-bond acceptors (Lipinski definition) is 3. The summed E-state index contributed by atoms with van der Waals surface area (Å²) < 4.78 is 0. The van der Waals surface area contributed by atoms with Crippen molar-refractivity contribution in [1.82, 2.24) is 4.90 Å². The maximum Gasteiger partial charge on any atom is 0.257 e. The molecule has 3 amide bonds. The first-order valence-electron chi connectivity index (χ1n) is 13.6. The van der Waals surface area contributed by atoms with Crippen LogP contribution in [0.2, 0.25) is 0 Å². The maximum absolute atomic E-state index is 14.4. The van der Waals surface area contributed by atoms with Gasteiger partial charge < -0.3 is 4.90 Å². The van der Waals surface area contributed by atoms with Crippen LogP contribution in [0.3, 0.4) is 0 Å². The van der Waals surface area contributed by atoms with Crippen LogP contribution in [0.5, 0.6) is 0 Å². The summed E-state index contributed by atoms with van der Waals surface area (Å²) in [5, 5.41) is 0. The van der Waals surface area contributed by atoms with Gasteiger partial charge >= 0.3 is 0 Å². The van der Waals surface area contributed by atoms with Crippen molar-refractivity contribution in [1.29, 1.82) is 0 Å². The third kappa shape index (κ3) is 3.53. The molecule has 5 nitrogen and oxygen atoms in total. The molecule has 0 aromatic heterocycles. The second-order valence-corrected chi connectivity index (χ2v) is 12.4. The Morgan fingerprint density at radius 1 is 0.941 bits per heavy atom. The lowest BCUT2D eigenvalue weighted by Gasteiger charge is -2.57. The zero-order valence-electron chi connectivity index (χ0n) is 20.7. The predicted octanol–water partition coefficient (Wildman–Crippen LogP) is 5.43. The zero-order chi connectivity index (χ0) is 23.6. The Bertz CT molecular complexity index is 956. The van der Waals surface area contributed by atoms with E-state index in [9.17, 15) is 14.4 Å². The highest BCUT2D eigenvalue weighted by Gasteiger charge is 2.58. The molecule has 0 radical (unpaired) electrons. The summed E-state index contributed by atoms with van der Waals surface area (Å²) in [4.78, 5) is 44.7. The molecule has 4 bridgehead atoms. The molecule has 5 heteroatoms. The molecule has 1 unspecified atom stereocenters. The third-order valence-electron chi connectivity index (χ3n) is 9.72. The van der Waals surface area contributed by atoms with Crippen LogP contribution in [0, 0.1) is 23.2 Å². The summed E-state index contributed by atoms with van der Waals surface area (Å²) >= 11 is 0. The van der Waals surface area contributed by atoms with E-state index >= 15 is 0 Å². The number of nitrogens with zero attached hydrogens (tertiary/aromatic N) is 2. The monoisotopic (exact) mass is 462 g/mol. The molecule has 6 fully saturated rings. The van der Waals surface area contributed by atoms with Gasteiger partial charge in [-0.2, -0.15) is 0 Å². The number of imide groups is 1. The fraction of sp³-hybridized carbons (Fsp3) is 0.690. The van der Waals surface area contributed by atoms with Crippen LogP contribution in [0.25, 0.3) is 0 Å². The molecule has 1 atom stereocenters. The predicted molar refractivity (Wildman–Crippen MR) is 131 cm³/mol. The number of anilines is 1. The summed E-state index contributed by atoms with van der Waals surface area (Å²) in [6.45, 7) is 4.26. The molecule has 1 aromatic carbocycles. The molecule has 6 aliphatic rings. The third-order valence-corrected chi connectivity index (χ3v) is 9.72. The lowest BCUT2D eigenvalue weighted by Crippen LogP contribution is -2.59. The molecule has 182 valence electrons. The topological polar surface area (TPSA) is 57.7 Å². The van der Waals surface area contributed by atoms with E-state index in [1.165, 1.54) is 29.7 Å². The minimum Gasteiger partial charge on any atom is -0.327 e. The van der Waals surface area contributed by atoms with Gasteiger partial charge in [-0.1, -0.05) is 38.8 Å². The van der Waals surface area contributed by atoms with E-state index in [0.29, 0.717) is 29.4 Å². The quantitative estimate of drug-likeness (QED) is 0.548. The highest BCUT2D eigenvalue weighted by atomic mass is 16.2. The van der Waals surface area contributed by atoms with Crippen molar-refractivity contribution in [2.24, 2.45) is 23.2 Å². The standard InChI is InChI=1S/C29H38N2O3/c1-18(2)22-7-9-24(10-8-22)31-26(32)14-25(27(31)33)30(23-5-3-4-6-23)28(34)29-15-19-11-20(16-29)13-21(12-19)17-29/h7-10,18-21,23,25H,3-6,11-17H2,1-2H3. The first kappa shape index (κ1) is 22.3. The molecule has 5 saturated carbocycles. The Hall–Kier alpha value is -2.17. The minimum atomic E-state index is -0.638. The van der Waals surface area contributed by atoms with E-state index in [2.05, 4.69) is 13.8 Å². The van der Waals surface area contributed by atoms with Crippen LogP contribution < -0.4 is 4.90 Å². The van der Waals surface area contributed by atoms with Crippen molar-refractivity contribution in [3.05, 3.63) is 29.8 Å². The highest BCUT2D eigenvalue weighted by molar-refractivity contribution is 6.23. The first-order valence-corrected chi connectivity index (χ1v) is 13.6. The zero-order valence-corrected chi connectivity index (χ0v) is 20.7. The van der Waals surface area contributed by atoms with Gasteiger partial charge in [0, 0.05) is 6.04 Å².